The van der Waals surface area contributed by atoms with Crippen LogP contribution < -0.4 is 14.8 Å². The summed E-state index contributed by atoms with van der Waals surface area (Å²) < 4.78 is 12.9. The van der Waals surface area contributed by atoms with Crippen LogP contribution in [-0.2, 0) is 18.3 Å². The van der Waals surface area contributed by atoms with Gasteiger partial charge in [0.15, 0.2) is 11.5 Å². The van der Waals surface area contributed by atoms with E-state index < -0.39 is 0 Å². The highest BCUT2D eigenvalue weighted by Gasteiger charge is 2.15. The molecule has 2 heterocycles. The van der Waals surface area contributed by atoms with Gasteiger partial charge in [-0.1, -0.05) is 11.6 Å². The Morgan fingerprint density at radius 3 is 2.78 bits per heavy atom. The maximum absolute atomic E-state index is 12.1. The molecule has 0 atom stereocenters. The van der Waals surface area contributed by atoms with E-state index >= 15 is 0 Å². The van der Waals surface area contributed by atoms with Crippen LogP contribution in [0.15, 0.2) is 24.4 Å². The molecule has 23 heavy (non-hydrogen) atoms. The summed E-state index contributed by atoms with van der Waals surface area (Å²) in [6.07, 6.45) is 3.50. The van der Waals surface area contributed by atoms with Crippen molar-refractivity contribution in [2.75, 3.05) is 18.5 Å². The number of nitrogens with one attached hydrogen (secondary N) is 1. The monoisotopic (exact) mass is 335 g/mol. The van der Waals surface area contributed by atoms with Gasteiger partial charge in [0.2, 0.25) is 5.91 Å². The summed E-state index contributed by atoms with van der Waals surface area (Å²) in [5.41, 5.74) is 1.54. The lowest BCUT2D eigenvalue weighted by Gasteiger charge is -2.12. The Hall–Kier alpha value is -2.21. The van der Waals surface area contributed by atoms with Gasteiger partial charge in [-0.3, -0.25) is 9.48 Å². The van der Waals surface area contributed by atoms with Crippen LogP contribution in [0.4, 0.5) is 5.69 Å². The Labute approximate surface area is 139 Å². The number of fused-ring (bicyclic) bond motifs is 1. The Morgan fingerprint density at radius 2 is 2.09 bits per heavy atom. The minimum Gasteiger partial charge on any atom is -0.490 e. The van der Waals surface area contributed by atoms with Crippen LogP contribution in [0.1, 0.15) is 18.5 Å². The number of amides is 1. The van der Waals surface area contributed by atoms with E-state index in [1.807, 2.05) is 13.1 Å². The fourth-order valence-corrected chi connectivity index (χ4v) is 2.58. The molecule has 0 spiro atoms. The van der Waals surface area contributed by atoms with Crippen molar-refractivity contribution in [3.05, 3.63) is 35.1 Å². The lowest BCUT2D eigenvalue weighted by atomic mass is 10.2. The summed E-state index contributed by atoms with van der Waals surface area (Å²) in [5.74, 6) is 1.11. The van der Waals surface area contributed by atoms with Crippen molar-refractivity contribution in [1.82, 2.24) is 9.78 Å². The summed E-state index contributed by atoms with van der Waals surface area (Å²) in [7, 11) is 1.86. The molecule has 0 unspecified atom stereocenters. The van der Waals surface area contributed by atoms with E-state index in [4.69, 9.17) is 21.1 Å². The van der Waals surface area contributed by atoms with Crippen molar-refractivity contribution < 1.29 is 14.3 Å². The van der Waals surface area contributed by atoms with Crippen molar-refractivity contribution in [3.63, 3.8) is 0 Å². The van der Waals surface area contributed by atoms with Crippen LogP contribution in [0.25, 0.3) is 0 Å². The van der Waals surface area contributed by atoms with Gasteiger partial charge in [0, 0.05) is 43.9 Å². The molecule has 3 rings (SSSR count). The largest absolute Gasteiger partial charge is 0.490 e. The third-order valence-corrected chi connectivity index (χ3v) is 3.95. The molecule has 1 aromatic carbocycles. The molecule has 1 amide bonds. The van der Waals surface area contributed by atoms with Crippen molar-refractivity contribution >= 4 is 23.2 Å². The highest BCUT2D eigenvalue weighted by molar-refractivity contribution is 6.34. The number of hydrogen-bond donors (Lipinski definition) is 1. The second-order valence-corrected chi connectivity index (χ2v) is 5.73. The van der Waals surface area contributed by atoms with E-state index in [1.54, 1.807) is 23.0 Å². The Balaban J connectivity index is 1.66. The Kier molecular flexibility index (Phi) is 4.71. The molecular formula is C16H18ClN3O3. The summed E-state index contributed by atoms with van der Waals surface area (Å²) in [5, 5.41) is 7.34. The first-order chi connectivity index (χ1) is 11.1. The van der Waals surface area contributed by atoms with E-state index in [1.165, 1.54) is 0 Å². The normalized spacial score (nSPS) is 13.5. The summed E-state index contributed by atoms with van der Waals surface area (Å²) in [4.78, 5) is 12.1. The summed E-state index contributed by atoms with van der Waals surface area (Å²) in [6.45, 7) is 1.18. The zero-order valence-corrected chi connectivity index (χ0v) is 13.6. The second kappa shape index (κ2) is 6.91. The number of ether oxygens (including phenoxy) is 2. The number of nitrogens with zero attached hydrogens (tertiary/aromatic N) is 2. The molecule has 6 nitrogen and oxygen atoms in total. The smallest absolute Gasteiger partial charge is 0.224 e. The molecule has 2 aromatic rings. The number of hydrogen-bond acceptors (Lipinski definition) is 4. The third kappa shape index (κ3) is 3.76. The van der Waals surface area contributed by atoms with Gasteiger partial charge in [0.1, 0.15) is 0 Å². The van der Waals surface area contributed by atoms with Crippen LogP contribution in [-0.4, -0.2) is 28.9 Å². The molecule has 1 aliphatic heterocycles. The fraction of sp³-hybridized carbons (Fsp3) is 0.375. The zero-order valence-electron chi connectivity index (χ0n) is 12.8. The van der Waals surface area contributed by atoms with Gasteiger partial charge in [-0.25, -0.2) is 0 Å². The number of rotatable bonds is 4. The first kappa shape index (κ1) is 15.7. The van der Waals surface area contributed by atoms with Crippen LogP contribution in [0.2, 0.25) is 5.02 Å². The average molecular weight is 336 g/mol. The molecule has 1 N–H and O–H groups in total. The van der Waals surface area contributed by atoms with Crippen LogP contribution in [0.5, 0.6) is 11.5 Å². The van der Waals surface area contributed by atoms with E-state index in [0.717, 1.165) is 12.1 Å². The molecule has 0 saturated carbocycles. The van der Waals surface area contributed by atoms with Gasteiger partial charge in [0.05, 0.1) is 23.9 Å². The Bertz CT molecular complexity index is 715. The highest BCUT2D eigenvalue weighted by atomic mass is 35.5. The van der Waals surface area contributed by atoms with Crippen LogP contribution in [0.3, 0.4) is 0 Å². The van der Waals surface area contributed by atoms with E-state index in [2.05, 4.69) is 10.4 Å². The number of halogens is 1. The van der Waals surface area contributed by atoms with Crippen LogP contribution in [0, 0.1) is 0 Å². The van der Waals surface area contributed by atoms with E-state index in [9.17, 15) is 4.79 Å². The van der Waals surface area contributed by atoms with Gasteiger partial charge >= 0.3 is 0 Å². The van der Waals surface area contributed by atoms with Crippen molar-refractivity contribution in [3.8, 4) is 11.5 Å². The molecule has 122 valence electrons. The summed E-state index contributed by atoms with van der Waals surface area (Å²) >= 11 is 6.22. The number of aryl methyl sites for hydroxylation is 2. The maximum Gasteiger partial charge on any atom is 0.224 e. The average Bonchev–Trinajstić information content (AvgIpc) is 2.79. The number of carbonyl (C=O) groups is 1. The van der Waals surface area contributed by atoms with E-state index in [0.29, 0.717) is 48.3 Å². The number of aromatic nitrogens is 2. The molecule has 7 heteroatoms. The third-order valence-electron chi connectivity index (χ3n) is 3.64. The number of anilines is 1. The molecule has 1 aromatic heterocycles. The second-order valence-electron chi connectivity index (χ2n) is 5.32. The highest BCUT2D eigenvalue weighted by Crippen LogP contribution is 2.37. The fourth-order valence-electron chi connectivity index (χ4n) is 2.38. The van der Waals surface area contributed by atoms with Gasteiger partial charge < -0.3 is 14.8 Å². The lowest BCUT2D eigenvalue weighted by Crippen LogP contribution is -2.14. The van der Waals surface area contributed by atoms with Crippen molar-refractivity contribution in [1.29, 1.82) is 0 Å². The molecule has 0 bridgehead atoms. The van der Waals surface area contributed by atoms with Crippen LogP contribution >= 0.6 is 11.6 Å². The van der Waals surface area contributed by atoms with Gasteiger partial charge in [-0.05, 0) is 12.5 Å². The van der Waals surface area contributed by atoms with Gasteiger partial charge in [0.25, 0.3) is 0 Å². The lowest BCUT2D eigenvalue weighted by molar-refractivity contribution is -0.116. The molecule has 0 radical (unpaired) electrons. The molecule has 0 saturated heterocycles. The molecular weight excluding hydrogens is 318 g/mol. The summed E-state index contributed by atoms with van der Waals surface area (Å²) in [6, 6.07) is 5.29. The molecule has 0 fully saturated rings. The first-order valence-electron chi connectivity index (χ1n) is 7.49. The first-order valence-corrected chi connectivity index (χ1v) is 7.87. The topological polar surface area (TPSA) is 65.4 Å². The number of benzene rings is 1. The standard InChI is InChI=1S/C16H18ClN3O3/c1-20-11(5-6-18-20)3-4-16(21)19-13-10-15-14(9-12(13)17)22-7-2-8-23-15/h5-6,9-10H,2-4,7-8H2,1H3,(H,19,21). The minimum absolute atomic E-state index is 0.109. The van der Waals surface area contributed by atoms with Crippen molar-refractivity contribution in [2.45, 2.75) is 19.3 Å². The SMILES string of the molecule is Cn1nccc1CCC(=O)Nc1cc2c(cc1Cl)OCCCO2. The predicted octanol–water partition coefficient (Wildman–Crippen LogP) is 2.81. The number of carbonyl (C=O) groups excluding carboxylic acids is 1. The zero-order chi connectivity index (χ0) is 16.2. The molecule has 0 aliphatic carbocycles. The quantitative estimate of drug-likeness (QED) is 0.933. The predicted molar refractivity (Wildman–Crippen MR) is 87.2 cm³/mol. The van der Waals surface area contributed by atoms with Gasteiger partial charge in [-0.2, -0.15) is 5.10 Å². The van der Waals surface area contributed by atoms with Crippen molar-refractivity contribution in [2.24, 2.45) is 7.05 Å². The Morgan fingerprint density at radius 1 is 1.35 bits per heavy atom. The van der Waals surface area contributed by atoms with Gasteiger partial charge in [-0.15, -0.1) is 0 Å². The minimum atomic E-state index is -0.109. The van der Waals surface area contributed by atoms with E-state index in [-0.39, 0.29) is 5.91 Å². The maximum atomic E-state index is 12.1. The molecule has 1 aliphatic rings.